The van der Waals surface area contributed by atoms with Gasteiger partial charge in [-0.25, -0.2) is 18.2 Å². The van der Waals surface area contributed by atoms with Crippen LogP contribution in [-0.4, -0.2) is 33.1 Å². The molecule has 0 saturated heterocycles. The first-order valence-electron chi connectivity index (χ1n) is 10.1. The summed E-state index contributed by atoms with van der Waals surface area (Å²) in [4.78, 5) is 27.2. The summed E-state index contributed by atoms with van der Waals surface area (Å²) < 4.78 is 35.3. The third-order valence-electron chi connectivity index (χ3n) is 5.77. The molecule has 0 saturated carbocycles. The highest BCUT2D eigenvalue weighted by atomic mass is 32.2. The van der Waals surface area contributed by atoms with Crippen LogP contribution in [0.2, 0.25) is 0 Å². The molecule has 1 heterocycles. The monoisotopic (exact) mass is 477 g/mol. The number of anilines is 1. The van der Waals surface area contributed by atoms with Crippen molar-refractivity contribution in [2.24, 2.45) is 5.14 Å². The smallest absolute Gasteiger partial charge is 0.281 e. The van der Waals surface area contributed by atoms with Crippen LogP contribution in [0.3, 0.4) is 0 Å². The number of carbonyl (C=O) groups is 1. The summed E-state index contributed by atoms with van der Waals surface area (Å²) in [5.74, 6) is 0.332. The number of ether oxygens (including phenoxy) is 2. The molecule has 0 fully saturated rings. The van der Waals surface area contributed by atoms with Crippen LogP contribution in [-0.2, 0) is 10.0 Å². The highest BCUT2D eigenvalue weighted by molar-refractivity contribution is 7.89. The molecule has 34 heavy (non-hydrogen) atoms. The molecule has 1 aliphatic rings. The number of ketones is 1. The predicted molar refractivity (Wildman–Crippen MR) is 127 cm³/mol. The summed E-state index contributed by atoms with van der Waals surface area (Å²) in [6, 6.07) is 16.0. The number of carbonyl (C=O) groups excluding carboxylic acids is 1. The average molecular weight is 477 g/mol. The molecule has 1 aliphatic carbocycles. The fourth-order valence-corrected chi connectivity index (χ4v) is 4.78. The first-order chi connectivity index (χ1) is 16.3. The van der Waals surface area contributed by atoms with Crippen LogP contribution >= 0.6 is 0 Å². The van der Waals surface area contributed by atoms with Crippen molar-refractivity contribution >= 4 is 32.3 Å². The number of sulfonamides is 1. The lowest BCUT2D eigenvalue weighted by Crippen LogP contribution is -2.29. The minimum atomic E-state index is -3.87. The molecule has 3 aromatic carbocycles. The highest BCUT2D eigenvalue weighted by Gasteiger charge is 2.34. The van der Waals surface area contributed by atoms with E-state index in [2.05, 4.69) is 5.43 Å². The molecule has 10 heteroatoms. The molecule has 0 amide bonds. The van der Waals surface area contributed by atoms with Crippen LogP contribution in [0.15, 0.2) is 70.4 Å². The van der Waals surface area contributed by atoms with Gasteiger partial charge in [-0.05, 0) is 36.4 Å². The minimum Gasteiger partial charge on any atom is -0.493 e. The van der Waals surface area contributed by atoms with Gasteiger partial charge in [0.1, 0.15) is 0 Å². The quantitative estimate of drug-likeness (QED) is 0.398. The van der Waals surface area contributed by atoms with Gasteiger partial charge < -0.3 is 9.47 Å². The maximum Gasteiger partial charge on any atom is 0.281 e. The van der Waals surface area contributed by atoms with Crippen LogP contribution < -0.4 is 25.6 Å². The molecule has 1 aromatic heterocycles. The Hall–Kier alpha value is -4.15. The fraction of sp³-hybridized carbons (Fsp3) is 0.0833. The van der Waals surface area contributed by atoms with E-state index in [0.717, 1.165) is 0 Å². The van der Waals surface area contributed by atoms with Crippen molar-refractivity contribution in [1.29, 1.82) is 0 Å². The molecule has 4 aromatic rings. The van der Waals surface area contributed by atoms with Crippen molar-refractivity contribution in [1.82, 2.24) is 4.68 Å². The third-order valence-corrected chi connectivity index (χ3v) is 6.70. The average Bonchev–Trinajstić information content (AvgIpc) is 3.13. The second kappa shape index (κ2) is 7.72. The Labute approximate surface area is 194 Å². The van der Waals surface area contributed by atoms with Gasteiger partial charge in [0.15, 0.2) is 17.3 Å². The number of nitrogens with zero attached hydrogens (tertiary/aromatic N) is 1. The van der Waals surface area contributed by atoms with E-state index in [1.54, 1.807) is 36.4 Å². The van der Waals surface area contributed by atoms with E-state index in [0.29, 0.717) is 39.2 Å². The van der Waals surface area contributed by atoms with Crippen LogP contribution in [0.5, 0.6) is 11.5 Å². The molecular formula is C24H19N3O6S. The molecule has 0 aliphatic heterocycles. The number of methoxy groups -OCH3 is 2. The molecule has 0 spiro atoms. The molecule has 5 rings (SSSR count). The van der Waals surface area contributed by atoms with Crippen LogP contribution in [0.4, 0.5) is 5.69 Å². The van der Waals surface area contributed by atoms with E-state index in [9.17, 15) is 18.0 Å². The van der Waals surface area contributed by atoms with Crippen molar-refractivity contribution in [2.75, 3.05) is 19.6 Å². The number of primary sulfonamides is 1. The summed E-state index contributed by atoms with van der Waals surface area (Å²) in [5, 5.41) is 5.80. The summed E-state index contributed by atoms with van der Waals surface area (Å²) in [7, 11) is -0.993. The van der Waals surface area contributed by atoms with Crippen LogP contribution in [0.25, 0.3) is 22.0 Å². The molecule has 3 N–H and O–H groups in total. The number of pyridine rings is 1. The SMILES string of the molecule is COc1ccc2c3c(n(Nc4ccc(S(N)(=O)=O)cc4)c(=O)c2c1OC)-c1ccccc1C3=O. The third kappa shape index (κ3) is 3.15. The van der Waals surface area contributed by atoms with Gasteiger partial charge in [0.2, 0.25) is 10.0 Å². The van der Waals surface area contributed by atoms with Gasteiger partial charge >= 0.3 is 0 Å². The molecule has 9 nitrogen and oxygen atoms in total. The van der Waals surface area contributed by atoms with Gasteiger partial charge in [0.05, 0.1) is 41.4 Å². The Kier molecular flexibility index (Phi) is 4.92. The molecule has 0 radical (unpaired) electrons. The van der Waals surface area contributed by atoms with Gasteiger partial charge in [-0.2, -0.15) is 0 Å². The predicted octanol–water partition coefficient (Wildman–Crippen LogP) is 2.75. The van der Waals surface area contributed by atoms with Crippen molar-refractivity contribution in [3.63, 3.8) is 0 Å². The Morgan fingerprint density at radius 2 is 1.56 bits per heavy atom. The summed E-state index contributed by atoms with van der Waals surface area (Å²) in [5.41, 5.74) is 4.79. The second-order valence-corrected chi connectivity index (χ2v) is 9.21. The molecule has 0 atom stereocenters. The molecule has 172 valence electrons. The van der Waals surface area contributed by atoms with Crippen molar-refractivity contribution in [3.8, 4) is 22.8 Å². The lowest BCUT2D eigenvalue weighted by Gasteiger charge is -2.19. The normalized spacial score (nSPS) is 12.4. The van der Waals surface area contributed by atoms with E-state index < -0.39 is 15.6 Å². The first kappa shape index (κ1) is 21.7. The lowest BCUT2D eigenvalue weighted by atomic mass is 10.0. The van der Waals surface area contributed by atoms with Gasteiger partial charge in [0, 0.05) is 16.5 Å². The van der Waals surface area contributed by atoms with E-state index in [-0.39, 0.29) is 21.8 Å². The van der Waals surface area contributed by atoms with Crippen molar-refractivity contribution < 1.29 is 22.7 Å². The van der Waals surface area contributed by atoms with E-state index >= 15 is 0 Å². The maximum atomic E-state index is 13.8. The molecular weight excluding hydrogens is 458 g/mol. The number of fused-ring (bicyclic) bond motifs is 5. The van der Waals surface area contributed by atoms with Gasteiger partial charge in [-0.15, -0.1) is 0 Å². The molecule has 0 bridgehead atoms. The number of benzene rings is 3. The van der Waals surface area contributed by atoms with Gasteiger partial charge in [-0.1, -0.05) is 24.3 Å². The van der Waals surface area contributed by atoms with Crippen molar-refractivity contribution in [3.05, 3.63) is 82.1 Å². The number of aromatic nitrogens is 1. The summed E-state index contributed by atoms with van der Waals surface area (Å²) in [6.07, 6.45) is 0. The number of rotatable bonds is 5. The summed E-state index contributed by atoms with van der Waals surface area (Å²) >= 11 is 0. The van der Waals surface area contributed by atoms with Crippen LogP contribution in [0, 0.1) is 0 Å². The summed E-state index contributed by atoms with van der Waals surface area (Å²) in [6.45, 7) is 0. The zero-order valence-electron chi connectivity index (χ0n) is 18.2. The minimum absolute atomic E-state index is 0.0685. The Morgan fingerprint density at radius 3 is 2.18 bits per heavy atom. The zero-order valence-corrected chi connectivity index (χ0v) is 19.0. The van der Waals surface area contributed by atoms with E-state index in [4.69, 9.17) is 14.6 Å². The van der Waals surface area contributed by atoms with E-state index in [1.165, 1.54) is 43.2 Å². The van der Waals surface area contributed by atoms with E-state index in [1.807, 2.05) is 0 Å². The number of hydrogen-bond donors (Lipinski definition) is 2. The van der Waals surface area contributed by atoms with Crippen molar-refractivity contribution in [2.45, 2.75) is 4.90 Å². The Bertz CT molecular complexity index is 1660. The first-order valence-corrected chi connectivity index (χ1v) is 11.7. The second-order valence-electron chi connectivity index (χ2n) is 7.64. The topological polar surface area (TPSA) is 130 Å². The Balaban J connectivity index is 1.83. The van der Waals surface area contributed by atoms with Gasteiger partial charge in [0.25, 0.3) is 5.56 Å². The number of nitrogens with two attached hydrogens (primary N) is 1. The zero-order chi connectivity index (χ0) is 24.2. The number of hydrogen-bond acceptors (Lipinski definition) is 7. The Morgan fingerprint density at radius 1 is 0.882 bits per heavy atom. The highest BCUT2D eigenvalue weighted by Crippen LogP contribution is 2.42. The standard InChI is InChI=1S/C24H19N3O6S/c1-32-18-12-11-17-19-21(15-5-3-4-6-16(15)22(19)28)27(24(29)20(17)23(18)33-2)26-13-7-9-14(10-8-13)34(25,30)31/h3-12,26H,1-2H3,(H2,25,30,31). The lowest BCUT2D eigenvalue weighted by molar-refractivity contribution is 0.104. The largest absolute Gasteiger partial charge is 0.493 e. The van der Waals surface area contributed by atoms with Crippen LogP contribution in [0.1, 0.15) is 15.9 Å². The maximum absolute atomic E-state index is 13.8. The van der Waals surface area contributed by atoms with Gasteiger partial charge in [-0.3, -0.25) is 15.0 Å². The number of nitrogens with one attached hydrogen (secondary N) is 1. The molecule has 0 unspecified atom stereocenters. The fourth-order valence-electron chi connectivity index (χ4n) is 4.26.